The molecule has 2 aromatic rings. The van der Waals surface area contributed by atoms with Gasteiger partial charge in [0.15, 0.2) is 0 Å². The number of halogens is 1. The summed E-state index contributed by atoms with van der Waals surface area (Å²) in [6.45, 7) is 1.52. The van der Waals surface area contributed by atoms with E-state index in [-0.39, 0.29) is 36.0 Å². The van der Waals surface area contributed by atoms with Crippen LogP contribution in [0, 0.1) is 11.8 Å². The lowest BCUT2D eigenvalue weighted by atomic mass is 9.94. The summed E-state index contributed by atoms with van der Waals surface area (Å²) in [7, 11) is 0. The van der Waals surface area contributed by atoms with Gasteiger partial charge in [0.2, 0.25) is 17.7 Å². The van der Waals surface area contributed by atoms with Crippen molar-refractivity contribution in [1.29, 1.82) is 0 Å². The van der Waals surface area contributed by atoms with Crippen LogP contribution in [0.4, 0.5) is 11.4 Å². The predicted octanol–water partition coefficient (Wildman–Crippen LogP) is 3.68. The molecule has 0 radical (unpaired) electrons. The van der Waals surface area contributed by atoms with Crippen LogP contribution in [0.3, 0.4) is 0 Å². The zero-order chi connectivity index (χ0) is 21.1. The van der Waals surface area contributed by atoms with E-state index < -0.39 is 0 Å². The Morgan fingerprint density at radius 2 is 1.60 bits per heavy atom. The molecule has 2 heterocycles. The van der Waals surface area contributed by atoms with Gasteiger partial charge in [0.1, 0.15) is 0 Å². The predicted molar refractivity (Wildman–Crippen MR) is 119 cm³/mol. The van der Waals surface area contributed by atoms with Crippen molar-refractivity contribution in [2.45, 2.75) is 19.3 Å². The van der Waals surface area contributed by atoms with Gasteiger partial charge in [0.25, 0.3) is 0 Å². The molecule has 0 aliphatic carbocycles. The van der Waals surface area contributed by atoms with Crippen molar-refractivity contribution < 1.29 is 14.4 Å². The lowest BCUT2D eigenvalue weighted by Crippen LogP contribution is -2.44. The first-order valence-electron chi connectivity index (χ1n) is 10.2. The molecule has 2 aliphatic rings. The van der Waals surface area contributed by atoms with Crippen molar-refractivity contribution in [3.8, 4) is 0 Å². The van der Waals surface area contributed by atoms with Gasteiger partial charge in [-0.3, -0.25) is 14.4 Å². The Labute approximate surface area is 184 Å². The molecule has 3 amide bonds. The van der Waals surface area contributed by atoms with E-state index in [1.165, 1.54) is 0 Å². The van der Waals surface area contributed by atoms with Gasteiger partial charge in [0.05, 0.1) is 5.92 Å². The van der Waals surface area contributed by atoms with E-state index in [4.69, 9.17) is 0 Å². The molecular formula is C23H24BrN3O3. The van der Waals surface area contributed by atoms with Crippen LogP contribution in [0.5, 0.6) is 0 Å². The highest BCUT2D eigenvalue weighted by Crippen LogP contribution is 2.28. The molecule has 7 heteroatoms. The monoisotopic (exact) mass is 469 g/mol. The molecule has 2 aromatic carbocycles. The molecule has 0 aromatic heterocycles. The second kappa shape index (κ2) is 9.00. The van der Waals surface area contributed by atoms with Crippen molar-refractivity contribution in [2.75, 3.05) is 29.9 Å². The van der Waals surface area contributed by atoms with Gasteiger partial charge in [-0.25, -0.2) is 0 Å². The molecule has 156 valence electrons. The van der Waals surface area contributed by atoms with Crippen molar-refractivity contribution in [3.63, 3.8) is 0 Å². The van der Waals surface area contributed by atoms with Crippen LogP contribution in [0.1, 0.15) is 19.3 Å². The van der Waals surface area contributed by atoms with E-state index in [9.17, 15) is 14.4 Å². The molecule has 4 rings (SSSR count). The van der Waals surface area contributed by atoms with E-state index >= 15 is 0 Å². The summed E-state index contributed by atoms with van der Waals surface area (Å²) in [5.41, 5.74) is 1.60. The van der Waals surface area contributed by atoms with Gasteiger partial charge in [-0.1, -0.05) is 34.1 Å². The minimum Gasteiger partial charge on any atom is -0.342 e. The summed E-state index contributed by atoms with van der Waals surface area (Å²) < 4.78 is 0.962. The number of hydrogen-bond acceptors (Lipinski definition) is 3. The number of likely N-dealkylation sites (tertiary alicyclic amines) is 1. The molecular weight excluding hydrogens is 446 g/mol. The third-order valence-corrected chi connectivity index (χ3v) is 6.36. The number of piperidine rings is 1. The van der Waals surface area contributed by atoms with E-state index in [0.717, 1.165) is 15.8 Å². The molecule has 2 aliphatic heterocycles. The molecule has 0 spiro atoms. The Balaban J connectivity index is 1.29. The van der Waals surface area contributed by atoms with Crippen LogP contribution >= 0.6 is 15.9 Å². The Morgan fingerprint density at radius 3 is 2.27 bits per heavy atom. The lowest BCUT2D eigenvalue weighted by Gasteiger charge is -2.33. The number of carbonyl (C=O) groups excluding carboxylic acids is 3. The van der Waals surface area contributed by atoms with Gasteiger partial charge in [-0.2, -0.15) is 0 Å². The summed E-state index contributed by atoms with van der Waals surface area (Å²) in [6.07, 6.45) is 1.52. The summed E-state index contributed by atoms with van der Waals surface area (Å²) in [4.78, 5) is 41.4. The minimum atomic E-state index is -0.314. The Kier molecular flexibility index (Phi) is 6.18. The largest absolute Gasteiger partial charge is 0.342 e. The number of hydrogen-bond donors (Lipinski definition) is 1. The molecule has 0 bridgehead atoms. The summed E-state index contributed by atoms with van der Waals surface area (Å²) in [5, 5.41) is 2.95. The Bertz CT molecular complexity index is 924. The SMILES string of the molecule is O=C(Nc1ccc(Br)cc1)C1CCN(C(=O)C2CC(=O)N(c3ccccc3)C2)CC1. The first-order chi connectivity index (χ1) is 14.5. The zero-order valence-electron chi connectivity index (χ0n) is 16.6. The highest BCUT2D eigenvalue weighted by atomic mass is 79.9. The number of nitrogens with zero attached hydrogens (tertiary/aromatic N) is 2. The number of benzene rings is 2. The Hall–Kier alpha value is -2.67. The van der Waals surface area contributed by atoms with Crippen LogP contribution < -0.4 is 10.2 Å². The van der Waals surface area contributed by atoms with Gasteiger partial charge in [-0.15, -0.1) is 0 Å². The molecule has 6 nitrogen and oxygen atoms in total. The van der Waals surface area contributed by atoms with Gasteiger partial charge in [0, 0.05) is 47.8 Å². The second-order valence-electron chi connectivity index (χ2n) is 7.84. The zero-order valence-corrected chi connectivity index (χ0v) is 18.2. The molecule has 1 atom stereocenters. The van der Waals surface area contributed by atoms with E-state index in [1.54, 1.807) is 4.90 Å². The Morgan fingerprint density at radius 1 is 0.933 bits per heavy atom. The van der Waals surface area contributed by atoms with Crippen LogP contribution in [-0.4, -0.2) is 42.3 Å². The first-order valence-corrected chi connectivity index (χ1v) is 11.0. The molecule has 2 fully saturated rings. The fourth-order valence-corrected chi connectivity index (χ4v) is 4.39. The molecule has 1 N–H and O–H groups in total. The first kappa shape index (κ1) is 20.6. The number of rotatable bonds is 4. The summed E-state index contributed by atoms with van der Waals surface area (Å²) >= 11 is 3.38. The highest BCUT2D eigenvalue weighted by molar-refractivity contribution is 9.10. The second-order valence-corrected chi connectivity index (χ2v) is 8.75. The summed E-state index contributed by atoms with van der Waals surface area (Å²) in [5.74, 6) is -0.415. The van der Waals surface area contributed by atoms with Crippen molar-refractivity contribution >= 4 is 45.0 Å². The molecule has 2 saturated heterocycles. The van der Waals surface area contributed by atoms with Gasteiger partial charge < -0.3 is 15.1 Å². The smallest absolute Gasteiger partial charge is 0.228 e. The van der Waals surface area contributed by atoms with Crippen LogP contribution in [-0.2, 0) is 14.4 Å². The van der Waals surface area contributed by atoms with Gasteiger partial charge in [-0.05, 0) is 49.2 Å². The minimum absolute atomic E-state index is 0.00396. The third kappa shape index (κ3) is 4.56. The molecule has 1 unspecified atom stereocenters. The van der Waals surface area contributed by atoms with Gasteiger partial charge >= 0.3 is 0 Å². The normalized spacial score (nSPS) is 19.8. The molecule has 30 heavy (non-hydrogen) atoms. The summed E-state index contributed by atoms with van der Waals surface area (Å²) in [6, 6.07) is 17.0. The maximum absolute atomic E-state index is 13.0. The fraction of sp³-hybridized carbons (Fsp3) is 0.348. The van der Waals surface area contributed by atoms with Crippen molar-refractivity contribution in [1.82, 2.24) is 4.90 Å². The van der Waals surface area contributed by atoms with E-state index in [0.29, 0.717) is 32.5 Å². The van der Waals surface area contributed by atoms with Crippen LogP contribution in [0.2, 0.25) is 0 Å². The highest BCUT2D eigenvalue weighted by Gasteiger charge is 2.38. The van der Waals surface area contributed by atoms with Crippen molar-refractivity contribution in [2.24, 2.45) is 11.8 Å². The quantitative estimate of drug-likeness (QED) is 0.742. The number of amides is 3. The topological polar surface area (TPSA) is 69.7 Å². The van der Waals surface area contributed by atoms with Crippen molar-refractivity contribution in [3.05, 3.63) is 59.1 Å². The number of carbonyl (C=O) groups is 3. The van der Waals surface area contributed by atoms with E-state index in [2.05, 4.69) is 21.2 Å². The average Bonchev–Trinajstić information content (AvgIpc) is 3.17. The number of anilines is 2. The number of para-hydroxylation sites is 1. The fourth-order valence-electron chi connectivity index (χ4n) is 4.13. The molecule has 0 saturated carbocycles. The standard InChI is InChI=1S/C23H24BrN3O3/c24-18-6-8-19(9-7-18)25-22(29)16-10-12-26(13-11-16)23(30)17-14-21(28)27(15-17)20-4-2-1-3-5-20/h1-9,16-17H,10-15H2,(H,25,29). The lowest BCUT2D eigenvalue weighted by molar-refractivity contribution is -0.138. The average molecular weight is 470 g/mol. The van der Waals surface area contributed by atoms with Crippen LogP contribution in [0.25, 0.3) is 0 Å². The maximum Gasteiger partial charge on any atom is 0.228 e. The van der Waals surface area contributed by atoms with Crippen LogP contribution in [0.15, 0.2) is 59.1 Å². The van der Waals surface area contributed by atoms with E-state index in [1.807, 2.05) is 59.5 Å². The number of nitrogens with one attached hydrogen (secondary N) is 1. The third-order valence-electron chi connectivity index (χ3n) is 5.83. The maximum atomic E-state index is 13.0.